The molecule has 0 saturated heterocycles. The van der Waals surface area contributed by atoms with Crippen LogP contribution in [0, 0.1) is 30.0 Å². The summed E-state index contributed by atoms with van der Waals surface area (Å²) < 4.78 is 13.9. The van der Waals surface area contributed by atoms with Crippen LogP contribution >= 0.6 is 0 Å². The Morgan fingerprint density at radius 3 is 2.83 bits per heavy atom. The lowest BCUT2D eigenvalue weighted by Crippen LogP contribution is -2.10. The average molecular weight is 244 g/mol. The van der Waals surface area contributed by atoms with E-state index in [0.717, 1.165) is 12.8 Å². The topological polar surface area (TPSA) is 52.9 Å². The minimum absolute atomic E-state index is 0.00570. The van der Waals surface area contributed by atoms with Gasteiger partial charge in [-0.2, -0.15) is 5.26 Å². The first-order valence-corrected chi connectivity index (χ1v) is 5.84. The van der Waals surface area contributed by atoms with Crippen LogP contribution in [0.5, 0.6) is 0 Å². The minimum Gasteiger partial charge on any atom is -0.378 e. The third kappa shape index (κ3) is 2.42. The van der Waals surface area contributed by atoms with Crippen LogP contribution in [0.2, 0.25) is 0 Å². The van der Waals surface area contributed by atoms with Crippen LogP contribution in [-0.2, 0) is 4.79 Å². The van der Waals surface area contributed by atoms with E-state index in [-0.39, 0.29) is 5.56 Å². The summed E-state index contributed by atoms with van der Waals surface area (Å²) in [4.78, 5) is 10.8. The van der Waals surface area contributed by atoms with E-state index in [9.17, 15) is 9.18 Å². The predicted molar refractivity (Wildman–Crippen MR) is 66.3 cm³/mol. The van der Waals surface area contributed by atoms with Crippen LogP contribution in [0.3, 0.4) is 0 Å². The van der Waals surface area contributed by atoms with Crippen molar-refractivity contribution in [3.05, 3.63) is 34.6 Å². The number of benzene rings is 1. The van der Waals surface area contributed by atoms with Gasteiger partial charge in [-0.05, 0) is 37.3 Å². The number of carbonyl (C=O) groups excluding carboxylic acids is 1. The lowest BCUT2D eigenvalue weighted by molar-refractivity contribution is 0.565. The van der Waals surface area contributed by atoms with E-state index in [2.05, 4.69) is 5.32 Å². The highest BCUT2D eigenvalue weighted by atomic mass is 19.1. The van der Waals surface area contributed by atoms with Crippen molar-refractivity contribution in [1.29, 1.82) is 5.26 Å². The fourth-order valence-electron chi connectivity index (χ4n) is 1.86. The molecule has 0 unspecified atom stereocenters. The number of anilines is 1. The quantitative estimate of drug-likeness (QED) is 0.828. The third-order valence-corrected chi connectivity index (χ3v) is 3.13. The van der Waals surface area contributed by atoms with Crippen molar-refractivity contribution in [2.24, 2.45) is 5.92 Å². The molecule has 0 radical (unpaired) electrons. The van der Waals surface area contributed by atoms with Crippen molar-refractivity contribution in [3.63, 3.8) is 0 Å². The summed E-state index contributed by atoms with van der Waals surface area (Å²) in [6.45, 7) is 2.05. The Kier molecular flexibility index (Phi) is 3.45. The third-order valence-electron chi connectivity index (χ3n) is 3.13. The van der Waals surface area contributed by atoms with Crippen LogP contribution in [0.25, 0.3) is 0 Å². The fraction of sp³-hybridized carbons (Fsp3) is 0.357. The van der Waals surface area contributed by atoms with Gasteiger partial charge in [0.2, 0.25) is 0 Å². The summed E-state index contributed by atoms with van der Waals surface area (Å²) in [6, 6.07) is 4.94. The van der Waals surface area contributed by atoms with E-state index >= 15 is 0 Å². The minimum atomic E-state index is -0.557. The van der Waals surface area contributed by atoms with E-state index in [0.29, 0.717) is 29.3 Å². The number of nitrogens with one attached hydrogen (secondary N) is 1. The van der Waals surface area contributed by atoms with E-state index in [1.54, 1.807) is 19.1 Å². The molecule has 1 saturated carbocycles. The molecular formula is C14H13FN2O. The first-order chi connectivity index (χ1) is 8.67. The van der Waals surface area contributed by atoms with Crippen molar-refractivity contribution in [3.8, 4) is 6.07 Å². The van der Waals surface area contributed by atoms with Gasteiger partial charge in [0.15, 0.2) is 5.82 Å². The van der Waals surface area contributed by atoms with Crippen molar-refractivity contribution in [2.45, 2.75) is 19.8 Å². The first kappa shape index (κ1) is 12.3. The monoisotopic (exact) mass is 244 g/mol. The van der Waals surface area contributed by atoms with E-state index in [4.69, 9.17) is 5.26 Å². The largest absolute Gasteiger partial charge is 0.378 e. The van der Waals surface area contributed by atoms with Gasteiger partial charge in [-0.1, -0.05) is 6.07 Å². The number of halogens is 1. The van der Waals surface area contributed by atoms with Gasteiger partial charge in [-0.3, -0.25) is 0 Å². The second-order valence-electron chi connectivity index (χ2n) is 4.49. The molecule has 18 heavy (non-hydrogen) atoms. The molecule has 1 aliphatic rings. The SMILES string of the molecule is Cc1ccc(C#N)c(F)c1NCC(=C=O)C1CC1. The maximum Gasteiger partial charge on any atom is 0.164 e. The van der Waals surface area contributed by atoms with Crippen LogP contribution in [-0.4, -0.2) is 12.5 Å². The molecule has 0 heterocycles. The zero-order valence-electron chi connectivity index (χ0n) is 10.1. The molecule has 1 aromatic rings. The molecular weight excluding hydrogens is 231 g/mol. The second kappa shape index (κ2) is 5.03. The van der Waals surface area contributed by atoms with Crippen LogP contribution < -0.4 is 5.32 Å². The number of rotatable bonds is 4. The molecule has 1 aliphatic carbocycles. The number of hydrogen-bond donors (Lipinski definition) is 1. The van der Waals surface area contributed by atoms with Gasteiger partial charge in [-0.15, -0.1) is 0 Å². The summed E-state index contributed by atoms with van der Waals surface area (Å²) in [5, 5.41) is 11.7. The molecule has 1 N–H and O–H groups in total. The molecule has 0 aromatic heterocycles. The maximum atomic E-state index is 13.9. The maximum absolute atomic E-state index is 13.9. The van der Waals surface area contributed by atoms with Gasteiger partial charge in [-0.25, -0.2) is 9.18 Å². The molecule has 0 spiro atoms. The molecule has 0 amide bonds. The Balaban J connectivity index is 2.18. The van der Waals surface area contributed by atoms with Crippen LogP contribution in [0.15, 0.2) is 17.7 Å². The van der Waals surface area contributed by atoms with Gasteiger partial charge in [0, 0.05) is 12.1 Å². The van der Waals surface area contributed by atoms with E-state index in [1.165, 1.54) is 6.07 Å². The van der Waals surface area contributed by atoms with Gasteiger partial charge in [0.1, 0.15) is 12.0 Å². The Hall–Kier alpha value is -2.11. The molecule has 3 nitrogen and oxygen atoms in total. The highest BCUT2D eigenvalue weighted by Crippen LogP contribution is 2.35. The summed E-state index contributed by atoms with van der Waals surface area (Å²) in [6.07, 6.45) is 2.01. The highest BCUT2D eigenvalue weighted by Gasteiger charge is 2.27. The van der Waals surface area contributed by atoms with E-state index < -0.39 is 5.82 Å². The lowest BCUT2D eigenvalue weighted by Gasteiger charge is -2.11. The van der Waals surface area contributed by atoms with Gasteiger partial charge < -0.3 is 5.32 Å². The predicted octanol–water partition coefficient (Wildman–Crippen LogP) is 2.59. The first-order valence-electron chi connectivity index (χ1n) is 5.84. The van der Waals surface area contributed by atoms with Gasteiger partial charge in [0.25, 0.3) is 0 Å². The number of nitriles is 1. The van der Waals surface area contributed by atoms with Crippen molar-refractivity contribution in [2.75, 3.05) is 11.9 Å². The Bertz CT molecular complexity index is 564. The molecule has 2 rings (SSSR count). The zero-order chi connectivity index (χ0) is 13.1. The molecule has 1 aromatic carbocycles. The molecule has 0 atom stereocenters. The number of aryl methyl sites for hydroxylation is 1. The Labute approximate surface area is 105 Å². The summed E-state index contributed by atoms with van der Waals surface area (Å²) in [7, 11) is 0. The molecule has 92 valence electrons. The van der Waals surface area contributed by atoms with E-state index in [1.807, 2.05) is 5.94 Å². The van der Waals surface area contributed by atoms with Gasteiger partial charge in [0.05, 0.1) is 11.3 Å². The number of hydrogen-bond acceptors (Lipinski definition) is 3. The summed E-state index contributed by atoms with van der Waals surface area (Å²) in [5.74, 6) is 1.66. The standard InChI is InChI=1S/C14H13FN2O/c1-9-2-3-11(6-16)13(15)14(9)17-7-12(8-18)10-4-5-10/h2-3,10,17H,4-5,7H2,1H3. The van der Waals surface area contributed by atoms with Crippen LogP contribution in [0.1, 0.15) is 24.0 Å². The van der Waals surface area contributed by atoms with Crippen molar-refractivity contribution < 1.29 is 9.18 Å². The zero-order valence-corrected chi connectivity index (χ0v) is 10.1. The number of nitrogens with zero attached hydrogens (tertiary/aromatic N) is 1. The molecule has 0 bridgehead atoms. The van der Waals surface area contributed by atoms with Gasteiger partial charge >= 0.3 is 0 Å². The lowest BCUT2D eigenvalue weighted by atomic mass is 10.1. The fourth-order valence-corrected chi connectivity index (χ4v) is 1.86. The molecule has 1 fully saturated rings. The Morgan fingerprint density at radius 1 is 1.56 bits per heavy atom. The van der Waals surface area contributed by atoms with Crippen molar-refractivity contribution in [1.82, 2.24) is 0 Å². The second-order valence-corrected chi connectivity index (χ2v) is 4.49. The summed E-state index contributed by atoms with van der Waals surface area (Å²) in [5.41, 5.74) is 1.66. The summed E-state index contributed by atoms with van der Waals surface area (Å²) >= 11 is 0. The molecule has 4 heteroatoms. The smallest absolute Gasteiger partial charge is 0.164 e. The average Bonchev–Trinajstić information content (AvgIpc) is 3.18. The molecule has 0 aliphatic heterocycles. The Morgan fingerprint density at radius 2 is 2.28 bits per heavy atom. The normalized spacial score (nSPS) is 13.6. The van der Waals surface area contributed by atoms with Crippen molar-refractivity contribution >= 4 is 11.6 Å². The highest BCUT2D eigenvalue weighted by molar-refractivity contribution is 5.61. The van der Waals surface area contributed by atoms with Crippen LogP contribution in [0.4, 0.5) is 10.1 Å².